The first-order valence-electron chi connectivity index (χ1n) is 7.84. The second kappa shape index (κ2) is 5.80. The van der Waals surface area contributed by atoms with Crippen molar-refractivity contribution in [1.82, 2.24) is 4.98 Å². The fourth-order valence-electron chi connectivity index (χ4n) is 2.99. The monoisotopic (exact) mass is 337 g/mol. The lowest BCUT2D eigenvalue weighted by atomic mass is 10.1. The van der Waals surface area contributed by atoms with Gasteiger partial charge < -0.3 is 5.32 Å². The van der Waals surface area contributed by atoms with E-state index in [1.807, 2.05) is 13.0 Å². The van der Waals surface area contributed by atoms with Crippen LogP contribution in [-0.4, -0.2) is 17.6 Å². The van der Waals surface area contributed by atoms with E-state index in [4.69, 9.17) is 16.6 Å². The number of fused-ring (bicyclic) bond motifs is 2. The molecule has 0 fully saturated rings. The summed E-state index contributed by atoms with van der Waals surface area (Å²) in [4.78, 5) is 19.0. The lowest BCUT2D eigenvalue weighted by molar-refractivity contribution is 0.257. The summed E-state index contributed by atoms with van der Waals surface area (Å²) in [6.07, 6.45) is 0.820. The molecule has 24 heavy (non-hydrogen) atoms. The molecule has 4 rings (SSSR count). The van der Waals surface area contributed by atoms with Crippen molar-refractivity contribution in [3.05, 3.63) is 64.7 Å². The highest BCUT2D eigenvalue weighted by atomic mass is 35.5. The van der Waals surface area contributed by atoms with Gasteiger partial charge in [-0.3, -0.25) is 4.90 Å². The third kappa shape index (κ3) is 2.69. The Labute approximate surface area is 145 Å². The van der Waals surface area contributed by atoms with E-state index in [0.717, 1.165) is 40.0 Å². The summed E-state index contributed by atoms with van der Waals surface area (Å²) in [7, 11) is 0. The van der Waals surface area contributed by atoms with E-state index in [0.29, 0.717) is 11.6 Å². The molecule has 0 unspecified atom stereocenters. The topological polar surface area (TPSA) is 45.2 Å². The van der Waals surface area contributed by atoms with Gasteiger partial charge >= 0.3 is 6.03 Å². The number of benzene rings is 2. The lowest BCUT2D eigenvalue weighted by Gasteiger charge is -2.17. The molecule has 0 atom stereocenters. The smallest absolute Gasteiger partial charge is 0.308 e. The highest BCUT2D eigenvalue weighted by Gasteiger charge is 2.26. The van der Waals surface area contributed by atoms with E-state index in [-0.39, 0.29) is 6.03 Å². The summed E-state index contributed by atoms with van der Waals surface area (Å²) < 4.78 is 0. The highest BCUT2D eigenvalue weighted by molar-refractivity contribution is 6.30. The van der Waals surface area contributed by atoms with Gasteiger partial charge in [-0.2, -0.15) is 0 Å². The van der Waals surface area contributed by atoms with Crippen molar-refractivity contribution in [2.24, 2.45) is 0 Å². The summed E-state index contributed by atoms with van der Waals surface area (Å²) in [5, 5.41) is 4.65. The van der Waals surface area contributed by atoms with Gasteiger partial charge in [-0.05, 0) is 60.9 Å². The quantitative estimate of drug-likeness (QED) is 0.693. The molecule has 2 amide bonds. The Hall–Kier alpha value is -2.59. The van der Waals surface area contributed by atoms with Crippen LogP contribution in [0.5, 0.6) is 0 Å². The summed E-state index contributed by atoms with van der Waals surface area (Å²) >= 11 is 5.88. The van der Waals surface area contributed by atoms with E-state index in [1.165, 1.54) is 0 Å². The molecular formula is C19H16ClN3O. The van der Waals surface area contributed by atoms with Gasteiger partial charge in [0.05, 0.1) is 5.52 Å². The van der Waals surface area contributed by atoms with Crippen LogP contribution >= 0.6 is 11.6 Å². The molecule has 0 saturated carbocycles. The summed E-state index contributed by atoms with van der Waals surface area (Å²) in [5.41, 5.74) is 3.90. The van der Waals surface area contributed by atoms with Crippen molar-refractivity contribution in [1.29, 1.82) is 0 Å². The van der Waals surface area contributed by atoms with E-state index < -0.39 is 0 Å². The number of carbonyl (C=O) groups excluding carboxylic acids is 1. The second-order valence-electron chi connectivity index (χ2n) is 6.01. The van der Waals surface area contributed by atoms with Gasteiger partial charge in [0.25, 0.3) is 0 Å². The first-order valence-corrected chi connectivity index (χ1v) is 8.22. The molecule has 1 aliphatic rings. The summed E-state index contributed by atoms with van der Waals surface area (Å²) in [5.74, 6) is 0.750. The molecule has 120 valence electrons. The number of rotatable bonds is 1. The van der Waals surface area contributed by atoms with Crippen LogP contribution in [0.3, 0.4) is 0 Å². The predicted molar refractivity (Wildman–Crippen MR) is 98.0 cm³/mol. The number of hydrogen-bond acceptors (Lipinski definition) is 2. The number of carbonyl (C=O) groups is 1. The molecule has 1 aliphatic heterocycles. The first kappa shape index (κ1) is 15.0. The molecule has 5 heteroatoms. The average Bonchev–Trinajstić information content (AvgIpc) is 2.97. The zero-order chi connectivity index (χ0) is 16.7. The number of hydrogen-bond donors (Lipinski definition) is 1. The Morgan fingerprint density at radius 2 is 1.96 bits per heavy atom. The number of nitrogens with zero attached hydrogens (tertiary/aromatic N) is 2. The van der Waals surface area contributed by atoms with Crippen molar-refractivity contribution < 1.29 is 4.79 Å². The molecule has 1 aromatic heterocycles. The summed E-state index contributed by atoms with van der Waals surface area (Å²) in [6.45, 7) is 2.68. The minimum Gasteiger partial charge on any atom is -0.308 e. The Balaban J connectivity index is 1.64. The van der Waals surface area contributed by atoms with Gasteiger partial charge in [-0.25, -0.2) is 9.78 Å². The molecule has 1 N–H and O–H groups in total. The van der Waals surface area contributed by atoms with Crippen molar-refractivity contribution in [2.75, 3.05) is 16.8 Å². The van der Waals surface area contributed by atoms with Gasteiger partial charge in [-0.15, -0.1) is 0 Å². The number of pyridine rings is 1. The number of aryl methyl sites for hydroxylation is 1. The molecule has 2 aromatic carbocycles. The zero-order valence-corrected chi connectivity index (χ0v) is 14.0. The van der Waals surface area contributed by atoms with Crippen LogP contribution in [0, 0.1) is 6.92 Å². The minimum atomic E-state index is -0.171. The number of amides is 2. The van der Waals surface area contributed by atoms with Crippen LogP contribution in [0.1, 0.15) is 11.1 Å². The van der Waals surface area contributed by atoms with Gasteiger partial charge in [0.1, 0.15) is 5.82 Å². The Bertz CT molecular complexity index is 937. The zero-order valence-electron chi connectivity index (χ0n) is 13.2. The maximum absolute atomic E-state index is 12.6. The predicted octanol–water partition coefficient (Wildman–Crippen LogP) is 4.79. The Kier molecular flexibility index (Phi) is 3.62. The molecule has 0 spiro atoms. The van der Waals surface area contributed by atoms with Crippen molar-refractivity contribution >= 4 is 40.0 Å². The minimum absolute atomic E-state index is 0.171. The lowest BCUT2D eigenvalue weighted by Crippen LogP contribution is -2.33. The number of halogens is 1. The van der Waals surface area contributed by atoms with Gasteiger partial charge in [-0.1, -0.05) is 23.7 Å². The van der Waals surface area contributed by atoms with Gasteiger partial charge in [0.15, 0.2) is 0 Å². The first-order chi connectivity index (χ1) is 11.6. The highest BCUT2D eigenvalue weighted by Crippen LogP contribution is 2.30. The fraction of sp³-hybridized carbons (Fsp3) is 0.158. The van der Waals surface area contributed by atoms with E-state index in [2.05, 4.69) is 23.5 Å². The van der Waals surface area contributed by atoms with Gasteiger partial charge in [0, 0.05) is 22.6 Å². The fourth-order valence-corrected chi connectivity index (χ4v) is 3.11. The molecule has 0 bridgehead atoms. The SMILES string of the molecule is Cc1ccc2cc3c(nc2c1)N(C(=O)Nc1ccc(Cl)cc1)CC3. The third-order valence-electron chi connectivity index (χ3n) is 4.23. The molecule has 2 heterocycles. The van der Waals surface area contributed by atoms with Crippen molar-refractivity contribution in [3.63, 3.8) is 0 Å². The van der Waals surface area contributed by atoms with E-state index >= 15 is 0 Å². The standard InChI is InChI=1S/C19H16ClN3O/c1-12-2-3-13-11-14-8-9-23(18(14)22-17(13)10-12)19(24)21-16-6-4-15(20)5-7-16/h2-7,10-11H,8-9H2,1H3,(H,21,24). The largest absolute Gasteiger partial charge is 0.327 e. The number of nitrogens with one attached hydrogen (secondary N) is 1. The third-order valence-corrected chi connectivity index (χ3v) is 4.48. The van der Waals surface area contributed by atoms with Crippen LogP contribution in [0.2, 0.25) is 5.02 Å². The molecule has 4 nitrogen and oxygen atoms in total. The van der Waals surface area contributed by atoms with Gasteiger partial charge in [0.2, 0.25) is 0 Å². The number of anilines is 2. The molecule has 3 aromatic rings. The van der Waals surface area contributed by atoms with Crippen LogP contribution in [0.4, 0.5) is 16.3 Å². The second-order valence-corrected chi connectivity index (χ2v) is 6.44. The number of urea groups is 1. The van der Waals surface area contributed by atoms with E-state index in [9.17, 15) is 4.79 Å². The van der Waals surface area contributed by atoms with Crippen LogP contribution in [0.25, 0.3) is 10.9 Å². The summed E-state index contributed by atoms with van der Waals surface area (Å²) in [6, 6.07) is 15.2. The normalized spacial score (nSPS) is 13.2. The Morgan fingerprint density at radius 1 is 1.17 bits per heavy atom. The molecular weight excluding hydrogens is 322 g/mol. The number of aromatic nitrogens is 1. The van der Waals surface area contributed by atoms with Crippen LogP contribution in [-0.2, 0) is 6.42 Å². The Morgan fingerprint density at radius 3 is 2.75 bits per heavy atom. The van der Waals surface area contributed by atoms with Crippen LogP contribution < -0.4 is 10.2 Å². The molecule has 0 radical (unpaired) electrons. The maximum Gasteiger partial charge on any atom is 0.327 e. The van der Waals surface area contributed by atoms with E-state index in [1.54, 1.807) is 29.2 Å². The van der Waals surface area contributed by atoms with Crippen molar-refractivity contribution in [2.45, 2.75) is 13.3 Å². The molecule has 0 saturated heterocycles. The molecule has 0 aliphatic carbocycles. The van der Waals surface area contributed by atoms with Crippen molar-refractivity contribution in [3.8, 4) is 0 Å². The maximum atomic E-state index is 12.6. The average molecular weight is 338 g/mol. The van der Waals surface area contributed by atoms with Crippen LogP contribution in [0.15, 0.2) is 48.5 Å².